The van der Waals surface area contributed by atoms with Crippen LogP contribution in [0.2, 0.25) is 0 Å². The third kappa shape index (κ3) is 4.07. The smallest absolute Gasteiger partial charge is 0.315 e. The molecule has 1 atom stereocenters. The summed E-state index contributed by atoms with van der Waals surface area (Å²) in [7, 11) is 0. The Morgan fingerprint density at radius 3 is 2.92 bits per heavy atom. The summed E-state index contributed by atoms with van der Waals surface area (Å²) < 4.78 is 10.6. The van der Waals surface area contributed by atoms with Gasteiger partial charge in [0.1, 0.15) is 5.82 Å². The number of ether oxygens (including phenoxy) is 2. The quantitative estimate of drug-likeness (QED) is 0.709. The van der Waals surface area contributed by atoms with Gasteiger partial charge in [0.15, 0.2) is 11.5 Å². The first-order valence-electron chi connectivity index (χ1n) is 7.81. The van der Waals surface area contributed by atoms with Gasteiger partial charge < -0.3 is 25.4 Å². The van der Waals surface area contributed by atoms with Gasteiger partial charge in [0.25, 0.3) is 0 Å². The molecule has 1 aliphatic rings. The van der Waals surface area contributed by atoms with Crippen molar-refractivity contribution in [2.75, 3.05) is 25.2 Å². The molecule has 0 radical (unpaired) electrons. The van der Waals surface area contributed by atoms with Gasteiger partial charge in [0, 0.05) is 19.3 Å². The van der Waals surface area contributed by atoms with E-state index in [1.54, 1.807) is 6.20 Å². The van der Waals surface area contributed by atoms with Crippen molar-refractivity contribution in [1.82, 2.24) is 15.6 Å². The highest BCUT2D eigenvalue weighted by Gasteiger charge is 2.16. The number of benzene rings is 1. The molecule has 1 aromatic heterocycles. The fourth-order valence-electron chi connectivity index (χ4n) is 2.35. The first-order valence-corrected chi connectivity index (χ1v) is 7.81. The lowest BCUT2D eigenvalue weighted by molar-refractivity contribution is 0.174. The van der Waals surface area contributed by atoms with E-state index in [-0.39, 0.29) is 18.9 Å². The summed E-state index contributed by atoms with van der Waals surface area (Å²) in [6, 6.07) is 10.9. The molecule has 3 N–H and O–H groups in total. The van der Waals surface area contributed by atoms with Crippen molar-refractivity contribution in [1.29, 1.82) is 0 Å². The number of anilines is 1. The van der Waals surface area contributed by atoms with Crippen molar-refractivity contribution in [2.24, 2.45) is 0 Å². The second kappa shape index (κ2) is 7.54. The first kappa shape index (κ1) is 15.9. The molecule has 7 nitrogen and oxygen atoms in total. The molecule has 0 saturated heterocycles. The van der Waals surface area contributed by atoms with Crippen LogP contribution in [0.3, 0.4) is 0 Å². The number of amides is 2. The number of pyridine rings is 1. The molecule has 0 aliphatic carbocycles. The largest absolute Gasteiger partial charge is 0.454 e. The molecule has 0 spiro atoms. The number of nitrogens with zero attached hydrogens (tertiary/aromatic N) is 1. The number of carbonyl (C=O) groups excluding carboxylic acids is 1. The number of hydrogen-bond acceptors (Lipinski definition) is 5. The SMILES string of the molecule is C[C@H](NC(=O)NCCNc1ccccn1)c1ccc2c(c1)OCO2. The van der Waals surface area contributed by atoms with E-state index in [9.17, 15) is 4.79 Å². The Balaban J connectivity index is 1.41. The molecule has 1 aliphatic heterocycles. The average molecular weight is 328 g/mol. The van der Waals surface area contributed by atoms with E-state index >= 15 is 0 Å². The number of nitrogens with one attached hydrogen (secondary N) is 3. The van der Waals surface area contributed by atoms with Crippen LogP contribution >= 0.6 is 0 Å². The molecule has 0 fully saturated rings. The van der Waals surface area contributed by atoms with Gasteiger partial charge >= 0.3 is 6.03 Å². The third-order valence-corrected chi connectivity index (χ3v) is 3.63. The molecule has 7 heteroatoms. The van der Waals surface area contributed by atoms with Gasteiger partial charge in [0.2, 0.25) is 6.79 Å². The molecule has 1 aromatic carbocycles. The van der Waals surface area contributed by atoms with Crippen molar-refractivity contribution < 1.29 is 14.3 Å². The normalized spacial score (nSPS) is 13.2. The minimum absolute atomic E-state index is 0.136. The highest BCUT2D eigenvalue weighted by molar-refractivity contribution is 5.74. The van der Waals surface area contributed by atoms with Crippen LogP contribution in [0.5, 0.6) is 11.5 Å². The predicted octanol–water partition coefficient (Wildman–Crippen LogP) is 2.28. The Morgan fingerprint density at radius 2 is 2.08 bits per heavy atom. The summed E-state index contributed by atoms with van der Waals surface area (Å²) >= 11 is 0. The van der Waals surface area contributed by atoms with Gasteiger partial charge in [0.05, 0.1) is 6.04 Å². The Morgan fingerprint density at radius 1 is 1.21 bits per heavy atom. The van der Waals surface area contributed by atoms with Crippen LogP contribution in [0.1, 0.15) is 18.5 Å². The van der Waals surface area contributed by atoms with Crippen LogP contribution in [-0.2, 0) is 0 Å². The molecule has 0 saturated carbocycles. The van der Waals surface area contributed by atoms with Crippen molar-refractivity contribution in [3.63, 3.8) is 0 Å². The monoisotopic (exact) mass is 328 g/mol. The van der Waals surface area contributed by atoms with Crippen molar-refractivity contribution >= 4 is 11.8 Å². The average Bonchev–Trinajstić information content (AvgIpc) is 3.07. The van der Waals surface area contributed by atoms with E-state index in [4.69, 9.17) is 9.47 Å². The zero-order valence-corrected chi connectivity index (χ0v) is 13.4. The van der Waals surface area contributed by atoms with Crippen LogP contribution < -0.4 is 25.4 Å². The van der Waals surface area contributed by atoms with Crippen LogP contribution in [-0.4, -0.2) is 30.9 Å². The molecular formula is C17H20N4O3. The number of aromatic nitrogens is 1. The van der Waals surface area contributed by atoms with E-state index in [0.29, 0.717) is 18.8 Å². The zero-order chi connectivity index (χ0) is 16.8. The molecule has 24 heavy (non-hydrogen) atoms. The summed E-state index contributed by atoms with van der Waals surface area (Å²) in [4.78, 5) is 16.1. The molecule has 126 valence electrons. The van der Waals surface area contributed by atoms with Crippen LogP contribution in [0.15, 0.2) is 42.6 Å². The molecule has 0 unspecified atom stereocenters. The van der Waals surface area contributed by atoms with Gasteiger partial charge in [-0.15, -0.1) is 0 Å². The molecule has 2 aromatic rings. The lowest BCUT2D eigenvalue weighted by Gasteiger charge is -2.15. The summed E-state index contributed by atoms with van der Waals surface area (Å²) in [6.07, 6.45) is 1.72. The summed E-state index contributed by atoms with van der Waals surface area (Å²) in [5, 5.41) is 8.84. The highest BCUT2D eigenvalue weighted by atomic mass is 16.7. The van der Waals surface area contributed by atoms with E-state index in [1.807, 2.05) is 43.3 Å². The van der Waals surface area contributed by atoms with E-state index < -0.39 is 0 Å². The number of fused-ring (bicyclic) bond motifs is 1. The fraction of sp³-hybridized carbons (Fsp3) is 0.294. The maximum Gasteiger partial charge on any atom is 0.315 e. The number of rotatable bonds is 6. The maximum absolute atomic E-state index is 12.0. The van der Waals surface area contributed by atoms with E-state index in [2.05, 4.69) is 20.9 Å². The second-order valence-corrected chi connectivity index (χ2v) is 5.38. The molecule has 0 bridgehead atoms. The van der Waals surface area contributed by atoms with Crippen molar-refractivity contribution in [3.8, 4) is 11.5 Å². The maximum atomic E-state index is 12.0. The van der Waals surface area contributed by atoms with Crippen LogP contribution in [0, 0.1) is 0 Å². The second-order valence-electron chi connectivity index (χ2n) is 5.38. The van der Waals surface area contributed by atoms with E-state index in [0.717, 1.165) is 17.1 Å². The van der Waals surface area contributed by atoms with Crippen LogP contribution in [0.25, 0.3) is 0 Å². The Kier molecular flexibility index (Phi) is 5.00. The Bertz CT molecular complexity index is 693. The molecular weight excluding hydrogens is 308 g/mol. The van der Waals surface area contributed by atoms with Gasteiger partial charge in [-0.1, -0.05) is 12.1 Å². The first-order chi connectivity index (χ1) is 11.7. The van der Waals surface area contributed by atoms with Gasteiger partial charge in [-0.25, -0.2) is 9.78 Å². The summed E-state index contributed by atoms with van der Waals surface area (Å²) in [5.41, 5.74) is 0.959. The zero-order valence-electron chi connectivity index (χ0n) is 13.4. The lowest BCUT2D eigenvalue weighted by Crippen LogP contribution is -2.39. The summed E-state index contributed by atoms with van der Waals surface area (Å²) in [5.74, 6) is 2.23. The highest BCUT2D eigenvalue weighted by Crippen LogP contribution is 2.34. The Labute approximate surface area is 140 Å². The minimum atomic E-state index is -0.219. The van der Waals surface area contributed by atoms with Gasteiger partial charge in [-0.3, -0.25) is 0 Å². The molecule has 3 rings (SSSR count). The summed E-state index contributed by atoms with van der Waals surface area (Å²) in [6.45, 7) is 3.26. The minimum Gasteiger partial charge on any atom is -0.454 e. The number of urea groups is 1. The third-order valence-electron chi connectivity index (χ3n) is 3.63. The van der Waals surface area contributed by atoms with Crippen molar-refractivity contribution in [3.05, 3.63) is 48.2 Å². The predicted molar refractivity (Wildman–Crippen MR) is 90.2 cm³/mol. The van der Waals surface area contributed by atoms with Crippen molar-refractivity contribution in [2.45, 2.75) is 13.0 Å². The van der Waals surface area contributed by atoms with E-state index in [1.165, 1.54) is 0 Å². The van der Waals surface area contributed by atoms with Crippen LogP contribution in [0.4, 0.5) is 10.6 Å². The standard InChI is InChI=1S/C17H20N4O3/c1-12(13-5-6-14-15(10-13)24-11-23-14)21-17(22)20-9-8-19-16-4-2-3-7-18-16/h2-7,10,12H,8-9,11H2,1H3,(H,18,19)(H2,20,21,22)/t12-/m0/s1. The fourth-order valence-corrected chi connectivity index (χ4v) is 2.35. The molecule has 2 amide bonds. The topological polar surface area (TPSA) is 84.5 Å². The number of carbonyl (C=O) groups is 1. The lowest BCUT2D eigenvalue weighted by atomic mass is 10.1. The Hall–Kier alpha value is -2.96. The van der Waals surface area contributed by atoms with Gasteiger partial charge in [-0.05, 0) is 36.8 Å². The van der Waals surface area contributed by atoms with Gasteiger partial charge in [-0.2, -0.15) is 0 Å². The molecule has 2 heterocycles. The number of hydrogen-bond donors (Lipinski definition) is 3.